The molecule has 0 unspecified atom stereocenters. The highest BCUT2D eigenvalue weighted by Crippen LogP contribution is 2.23. The molecule has 1 aliphatic heterocycles. The maximum atomic E-state index is 13.3. The third kappa shape index (κ3) is 3.82. The van der Waals surface area contributed by atoms with Gasteiger partial charge in [-0.3, -0.25) is 4.79 Å². The smallest absolute Gasteiger partial charge is 0.253 e. The van der Waals surface area contributed by atoms with Gasteiger partial charge in [0.25, 0.3) is 5.91 Å². The third-order valence-electron chi connectivity index (χ3n) is 5.22. The monoisotopic (exact) mass is 366 g/mol. The number of nitrogens with zero attached hydrogens (tertiary/aromatic N) is 2. The fourth-order valence-corrected chi connectivity index (χ4v) is 3.73. The summed E-state index contributed by atoms with van der Waals surface area (Å²) in [6.07, 6.45) is 3.96. The lowest BCUT2D eigenvalue weighted by Gasteiger charge is -2.32. The standard InChI is InChI=1S/C22H23FN2O2/c1-24-11-9-17-7-8-18(12-21(17)24)22(26)25-10-3-4-16(14-25)15-27-20-6-2-5-19(23)13-20/h2,5-9,11-13,16H,3-4,10,14-15H2,1H3/t16-/m1/s1. The van der Waals surface area contributed by atoms with Gasteiger partial charge in [-0.25, -0.2) is 4.39 Å². The van der Waals surface area contributed by atoms with Gasteiger partial charge in [-0.2, -0.15) is 0 Å². The summed E-state index contributed by atoms with van der Waals surface area (Å²) in [7, 11) is 1.98. The van der Waals surface area contributed by atoms with Gasteiger partial charge in [-0.1, -0.05) is 12.1 Å². The first-order valence-electron chi connectivity index (χ1n) is 9.33. The molecule has 4 rings (SSSR count). The van der Waals surface area contributed by atoms with Gasteiger partial charge in [0.1, 0.15) is 11.6 Å². The summed E-state index contributed by atoms with van der Waals surface area (Å²) in [4.78, 5) is 14.9. The zero-order valence-electron chi connectivity index (χ0n) is 15.4. The maximum Gasteiger partial charge on any atom is 0.253 e. The van der Waals surface area contributed by atoms with Gasteiger partial charge >= 0.3 is 0 Å². The molecular formula is C22H23FN2O2. The van der Waals surface area contributed by atoms with E-state index in [1.54, 1.807) is 12.1 Å². The van der Waals surface area contributed by atoms with E-state index in [9.17, 15) is 9.18 Å². The second-order valence-corrected chi connectivity index (χ2v) is 7.23. The van der Waals surface area contributed by atoms with E-state index < -0.39 is 0 Å². The second-order valence-electron chi connectivity index (χ2n) is 7.23. The molecule has 3 aromatic rings. The van der Waals surface area contributed by atoms with E-state index in [2.05, 4.69) is 0 Å². The predicted molar refractivity (Wildman–Crippen MR) is 103 cm³/mol. The number of ether oxygens (including phenoxy) is 1. The number of carbonyl (C=O) groups excluding carboxylic acids is 1. The van der Waals surface area contributed by atoms with Crippen molar-refractivity contribution >= 4 is 16.8 Å². The Morgan fingerprint density at radius 1 is 1.22 bits per heavy atom. The van der Waals surface area contributed by atoms with Crippen molar-refractivity contribution in [2.24, 2.45) is 13.0 Å². The Balaban J connectivity index is 1.42. The normalized spacial score (nSPS) is 17.3. The number of fused-ring (bicyclic) bond motifs is 1. The first-order valence-corrected chi connectivity index (χ1v) is 9.33. The van der Waals surface area contributed by atoms with Crippen molar-refractivity contribution in [2.75, 3.05) is 19.7 Å². The van der Waals surface area contributed by atoms with Crippen LogP contribution >= 0.6 is 0 Å². The molecule has 140 valence electrons. The number of aromatic nitrogens is 1. The molecule has 0 spiro atoms. The molecule has 1 amide bonds. The van der Waals surface area contributed by atoms with Crippen molar-refractivity contribution < 1.29 is 13.9 Å². The minimum Gasteiger partial charge on any atom is -0.493 e. The van der Waals surface area contributed by atoms with Crippen molar-refractivity contribution in [1.82, 2.24) is 9.47 Å². The summed E-state index contributed by atoms with van der Waals surface area (Å²) in [5.74, 6) is 0.551. The van der Waals surface area contributed by atoms with Crippen LogP contribution in [0.2, 0.25) is 0 Å². The molecule has 2 aromatic carbocycles. The van der Waals surface area contributed by atoms with Gasteiger partial charge in [-0.15, -0.1) is 0 Å². The Morgan fingerprint density at radius 2 is 2.11 bits per heavy atom. The molecular weight excluding hydrogens is 343 g/mol. The summed E-state index contributed by atoms with van der Waals surface area (Å²) < 4.78 is 21.0. The zero-order chi connectivity index (χ0) is 18.8. The molecule has 1 aromatic heterocycles. The third-order valence-corrected chi connectivity index (χ3v) is 5.22. The molecule has 1 fully saturated rings. The number of halogens is 1. The lowest BCUT2D eigenvalue weighted by molar-refractivity contribution is 0.0633. The van der Waals surface area contributed by atoms with Crippen LogP contribution in [0.4, 0.5) is 4.39 Å². The molecule has 0 N–H and O–H groups in total. The number of likely N-dealkylation sites (tertiary alicyclic amines) is 1. The van der Waals surface area contributed by atoms with Gasteiger partial charge < -0.3 is 14.2 Å². The molecule has 0 bridgehead atoms. The topological polar surface area (TPSA) is 34.5 Å². The second kappa shape index (κ2) is 7.43. The van der Waals surface area contributed by atoms with Crippen LogP contribution in [0.1, 0.15) is 23.2 Å². The van der Waals surface area contributed by atoms with E-state index in [0.717, 1.165) is 35.9 Å². The van der Waals surface area contributed by atoms with Crippen LogP contribution in [0.15, 0.2) is 54.7 Å². The maximum absolute atomic E-state index is 13.3. The summed E-state index contributed by atoms with van der Waals surface area (Å²) in [6, 6.07) is 14.1. The predicted octanol–water partition coefficient (Wildman–Crippen LogP) is 4.25. The fraction of sp³-hybridized carbons (Fsp3) is 0.318. The Morgan fingerprint density at radius 3 is 2.96 bits per heavy atom. The lowest BCUT2D eigenvalue weighted by atomic mass is 9.98. The molecule has 0 saturated carbocycles. The van der Waals surface area contributed by atoms with Crippen LogP contribution in [-0.2, 0) is 7.05 Å². The Labute approximate surface area is 158 Å². The first-order chi connectivity index (χ1) is 13.1. The van der Waals surface area contributed by atoms with E-state index in [1.165, 1.54) is 12.1 Å². The minimum atomic E-state index is -0.302. The largest absolute Gasteiger partial charge is 0.493 e. The fourth-order valence-electron chi connectivity index (χ4n) is 3.73. The molecule has 27 heavy (non-hydrogen) atoms. The number of hydrogen-bond donors (Lipinski definition) is 0. The van der Waals surface area contributed by atoms with Gasteiger partial charge in [-0.05, 0) is 48.6 Å². The average Bonchev–Trinajstić information content (AvgIpc) is 3.06. The van der Waals surface area contributed by atoms with Crippen LogP contribution in [0, 0.1) is 11.7 Å². The Hall–Kier alpha value is -2.82. The summed E-state index contributed by atoms with van der Waals surface area (Å²) >= 11 is 0. The van der Waals surface area contributed by atoms with Crippen molar-refractivity contribution in [3.05, 3.63) is 66.1 Å². The number of rotatable bonds is 4. The van der Waals surface area contributed by atoms with E-state index in [0.29, 0.717) is 18.9 Å². The molecule has 4 nitrogen and oxygen atoms in total. The van der Waals surface area contributed by atoms with Gasteiger partial charge in [0, 0.05) is 49.4 Å². The SMILES string of the molecule is Cn1ccc2ccc(C(=O)N3CCC[C@@H](COc4cccc(F)c4)C3)cc21. The highest BCUT2D eigenvalue weighted by atomic mass is 19.1. The van der Waals surface area contributed by atoms with E-state index in [-0.39, 0.29) is 17.6 Å². The highest BCUT2D eigenvalue weighted by molar-refractivity contribution is 5.98. The summed E-state index contributed by atoms with van der Waals surface area (Å²) in [5, 5.41) is 1.13. The van der Waals surface area contributed by atoms with Crippen LogP contribution < -0.4 is 4.74 Å². The summed E-state index contributed by atoms with van der Waals surface area (Å²) in [6.45, 7) is 1.92. The Bertz CT molecular complexity index is 966. The molecule has 0 aliphatic carbocycles. The number of hydrogen-bond acceptors (Lipinski definition) is 2. The number of carbonyl (C=O) groups is 1. The quantitative estimate of drug-likeness (QED) is 0.692. The van der Waals surface area contributed by atoms with Gasteiger partial charge in [0.15, 0.2) is 0 Å². The van der Waals surface area contributed by atoms with Crippen LogP contribution in [0.25, 0.3) is 10.9 Å². The first kappa shape index (κ1) is 17.6. The number of aryl methyl sites for hydroxylation is 1. The van der Waals surface area contributed by atoms with Gasteiger partial charge in [0.2, 0.25) is 0 Å². The number of benzene rings is 2. The summed E-state index contributed by atoms with van der Waals surface area (Å²) in [5.41, 5.74) is 1.78. The number of piperidine rings is 1. The van der Waals surface area contributed by atoms with Crippen LogP contribution in [0.3, 0.4) is 0 Å². The lowest BCUT2D eigenvalue weighted by Crippen LogP contribution is -2.41. The van der Waals surface area contributed by atoms with E-state index in [4.69, 9.17) is 4.74 Å². The highest BCUT2D eigenvalue weighted by Gasteiger charge is 2.25. The van der Waals surface area contributed by atoms with Crippen molar-refractivity contribution in [1.29, 1.82) is 0 Å². The molecule has 0 radical (unpaired) electrons. The molecule has 1 aliphatic rings. The van der Waals surface area contributed by atoms with Crippen molar-refractivity contribution in [2.45, 2.75) is 12.8 Å². The van der Waals surface area contributed by atoms with Crippen LogP contribution in [-0.4, -0.2) is 35.1 Å². The number of amides is 1. The average molecular weight is 366 g/mol. The Kier molecular flexibility index (Phi) is 4.84. The van der Waals surface area contributed by atoms with Crippen molar-refractivity contribution in [3.63, 3.8) is 0 Å². The minimum absolute atomic E-state index is 0.0635. The van der Waals surface area contributed by atoms with Crippen molar-refractivity contribution in [3.8, 4) is 5.75 Å². The van der Waals surface area contributed by atoms with E-state index in [1.807, 2.05) is 47.0 Å². The van der Waals surface area contributed by atoms with Crippen LogP contribution in [0.5, 0.6) is 5.75 Å². The van der Waals surface area contributed by atoms with Gasteiger partial charge in [0.05, 0.1) is 6.61 Å². The molecule has 1 atom stereocenters. The zero-order valence-corrected chi connectivity index (χ0v) is 15.4. The molecule has 1 saturated heterocycles. The molecule has 5 heteroatoms. The van der Waals surface area contributed by atoms with E-state index >= 15 is 0 Å². The molecule has 2 heterocycles.